The van der Waals surface area contributed by atoms with Crippen LogP contribution in [0.25, 0.3) is 11.3 Å². The number of rotatable bonds is 8. The molecule has 2 heterocycles. The number of ether oxygens (including phenoxy) is 2. The Hall–Kier alpha value is -2.41. The van der Waals surface area contributed by atoms with Gasteiger partial charge in [-0.1, -0.05) is 6.92 Å². The van der Waals surface area contributed by atoms with Gasteiger partial charge in [-0.15, -0.1) is 0 Å². The van der Waals surface area contributed by atoms with Gasteiger partial charge in [0.05, 0.1) is 19.4 Å². The van der Waals surface area contributed by atoms with E-state index in [1.807, 2.05) is 16.7 Å². The number of aromatic carboxylic acids is 1. The van der Waals surface area contributed by atoms with Crippen molar-refractivity contribution >= 4 is 17.7 Å². The van der Waals surface area contributed by atoms with E-state index in [2.05, 4.69) is 13.2 Å². The number of carboxylic acids is 1. The molecule has 1 aliphatic heterocycles. The summed E-state index contributed by atoms with van der Waals surface area (Å²) in [6, 6.07) is 5.47. The molecule has 0 saturated heterocycles. The number of thioether (sulfide) groups is 1. The number of hydrogen-bond acceptors (Lipinski definition) is 5. The first-order valence-electron chi connectivity index (χ1n) is 9.82. The number of hydrogen-bond donors (Lipinski definition) is 1. The summed E-state index contributed by atoms with van der Waals surface area (Å²) in [7, 11) is 1.60. The van der Waals surface area contributed by atoms with E-state index >= 15 is 0 Å². The first kappa shape index (κ1) is 21.3. The van der Waals surface area contributed by atoms with Crippen LogP contribution in [0.4, 0.5) is 0 Å². The molecule has 7 heteroatoms. The lowest BCUT2D eigenvalue weighted by Gasteiger charge is -2.21. The summed E-state index contributed by atoms with van der Waals surface area (Å²) < 4.78 is 13.5. The third-order valence-electron chi connectivity index (χ3n) is 5.34. The van der Waals surface area contributed by atoms with Crippen molar-refractivity contribution in [3.8, 4) is 22.8 Å². The van der Waals surface area contributed by atoms with Gasteiger partial charge in [0, 0.05) is 23.9 Å². The highest BCUT2D eigenvalue weighted by Crippen LogP contribution is 2.40. The predicted molar refractivity (Wildman–Crippen MR) is 116 cm³/mol. The molecule has 0 spiro atoms. The average molecular weight is 418 g/mol. The number of methoxy groups -OCH3 is 1. The molecule has 0 bridgehead atoms. The van der Waals surface area contributed by atoms with E-state index in [1.54, 1.807) is 18.9 Å². The number of pyridine rings is 1. The van der Waals surface area contributed by atoms with Crippen LogP contribution < -0.4 is 14.9 Å². The maximum absolute atomic E-state index is 12.4. The molecule has 3 rings (SSSR count). The highest BCUT2D eigenvalue weighted by atomic mass is 32.2. The Morgan fingerprint density at radius 1 is 1.31 bits per heavy atom. The van der Waals surface area contributed by atoms with Gasteiger partial charge < -0.3 is 19.1 Å². The van der Waals surface area contributed by atoms with Crippen LogP contribution in [0.3, 0.4) is 0 Å². The maximum Gasteiger partial charge on any atom is 0.341 e. The molecular formula is C22H27NO5S. The van der Waals surface area contributed by atoms with Crippen molar-refractivity contribution in [2.75, 3.05) is 25.7 Å². The minimum Gasteiger partial charge on any atom is -0.493 e. The topological polar surface area (TPSA) is 77.8 Å². The summed E-state index contributed by atoms with van der Waals surface area (Å²) in [5.74, 6) is 1.16. The minimum atomic E-state index is -1.20. The zero-order chi connectivity index (χ0) is 21.0. The van der Waals surface area contributed by atoms with E-state index in [-0.39, 0.29) is 11.6 Å². The van der Waals surface area contributed by atoms with E-state index in [0.29, 0.717) is 18.1 Å². The van der Waals surface area contributed by atoms with Crippen molar-refractivity contribution in [1.82, 2.24) is 4.57 Å². The van der Waals surface area contributed by atoms with Gasteiger partial charge in [-0.3, -0.25) is 4.79 Å². The Morgan fingerprint density at radius 2 is 2.10 bits per heavy atom. The lowest BCUT2D eigenvalue weighted by molar-refractivity contribution is 0.0694. The Labute approximate surface area is 174 Å². The van der Waals surface area contributed by atoms with Gasteiger partial charge in [0.2, 0.25) is 0 Å². The van der Waals surface area contributed by atoms with Crippen LogP contribution >= 0.6 is 11.8 Å². The van der Waals surface area contributed by atoms with Crippen molar-refractivity contribution in [3.63, 3.8) is 0 Å². The van der Waals surface area contributed by atoms with Gasteiger partial charge >= 0.3 is 5.97 Å². The van der Waals surface area contributed by atoms with Crippen molar-refractivity contribution in [2.45, 2.75) is 38.6 Å². The molecule has 29 heavy (non-hydrogen) atoms. The van der Waals surface area contributed by atoms with Crippen LogP contribution in [0.5, 0.6) is 11.5 Å². The SMILES string of the molecule is CCC1CCc2cc(OCCCSC)c(OC)cc2-c2cc(=O)c(C(=O)O)cn21. The van der Waals surface area contributed by atoms with E-state index in [9.17, 15) is 14.7 Å². The fourth-order valence-corrected chi connectivity index (χ4v) is 4.20. The average Bonchev–Trinajstić information content (AvgIpc) is 2.85. The number of aryl methyl sites for hydroxylation is 1. The highest BCUT2D eigenvalue weighted by Gasteiger charge is 2.25. The van der Waals surface area contributed by atoms with Crippen molar-refractivity contribution in [3.05, 3.63) is 45.7 Å². The molecule has 0 amide bonds. The molecule has 0 radical (unpaired) electrons. The normalized spacial score (nSPS) is 15.2. The molecule has 2 aromatic rings. The Balaban J connectivity index is 2.10. The smallest absolute Gasteiger partial charge is 0.341 e. The molecule has 156 valence electrons. The van der Waals surface area contributed by atoms with Crippen LogP contribution in [-0.2, 0) is 6.42 Å². The number of fused-ring (bicyclic) bond motifs is 3. The monoisotopic (exact) mass is 417 g/mol. The van der Waals surface area contributed by atoms with Gasteiger partial charge in [0.25, 0.3) is 0 Å². The summed E-state index contributed by atoms with van der Waals surface area (Å²) in [6.45, 7) is 2.69. The van der Waals surface area contributed by atoms with E-state index in [0.717, 1.165) is 48.3 Å². The standard InChI is InChI=1S/C22H27NO5S/c1-4-15-7-6-14-10-21(28-8-5-9-29-3)20(27-2)11-16(14)18-12-19(24)17(22(25)26)13-23(15)18/h10-13,15H,4-9H2,1-3H3,(H,25,26). The second-order valence-corrected chi connectivity index (χ2v) is 8.09. The molecule has 1 aliphatic rings. The Bertz CT molecular complexity index is 953. The summed E-state index contributed by atoms with van der Waals surface area (Å²) in [4.78, 5) is 23.9. The van der Waals surface area contributed by atoms with Crippen LogP contribution in [0.15, 0.2) is 29.2 Å². The second kappa shape index (κ2) is 9.39. The number of benzene rings is 1. The molecule has 1 N–H and O–H groups in total. The van der Waals surface area contributed by atoms with E-state index in [1.165, 1.54) is 12.3 Å². The number of nitrogens with zero attached hydrogens (tertiary/aromatic N) is 1. The first-order chi connectivity index (χ1) is 14.0. The van der Waals surface area contributed by atoms with Crippen molar-refractivity contribution in [1.29, 1.82) is 0 Å². The summed E-state index contributed by atoms with van der Waals surface area (Å²) in [5.41, 5.74) is 2.02. The zero-order valence-corrected chi connectivity index (χ0v) is 17.9. The molecule has 0 saturated carbocycles. The third kappa shape index (κ3) is 4.45. The minimum absolute atomic E-state index is 0.119. The van der Waals surface area contributed by atoms with Gasteiger partial charge in [0.1, 0.15) is 5.56 Å². The van der Waals surface area contributed by atoms with Crippen LogP contribution in [0, 0.1) is 0 Å². The molecule has 0 aliphatic carbocycles. The van der Waals surface area contributed by atoms with Crippen LogP contribution in [-0.4, -0.2) is 41.4 Å². The Kier molecular flexibility index (Phi) is 6.90. The van der Waals surface area contributed by atoms with E-state index < -0.39 is 11.4 Å². The number of carboxylic acid groups (broad SMARTS) is 1. The van der Waals surface area contributed by atoms with E-state index in [4.69, 9.17) is 9.47 Å². The third-order valence-corrected chi connectivity index (χ3v) is 6.03. The number of aromatic nitrogens is 1. The number of carbonyl (C=O) groups is 1. The largest absolute Gasteiger partial charge is 0.493 e. The fourth-order valence-electron chi connectivity index (χ4n) is 3.80. The molecule has 1 aromatic carbocycles. The quantitative estimate of drug-likeness (QED) is 0.647. The summed E-state index contributed by atoms with van der Waals surface area (Å²) in [6.07, 6.45) is 7.03. The highest BCUT2D eigenvalue weighted by molar-refractivity contribution is 7.98. The Morgan fingerprint density at radius 3 is 2.76 bits per heavy atom. The molecule has 1 atom stereocenters. The summed E-state index contributed by atoms with van der Waals surface area (Å²) in [5, 5.41) is 9.38. The van der Waals surface area contributed by atoms with Gasteiger partial charge in [-0.25, -0.2) is 4.79 Å². The first-order valence-corrected chi connectivity index (χ1v) is 11.2. The van der Waals surface area contributed by atoms with Crippen LogP contribution in [0.2, 0.25) is 0 Å². The molecule has 1 unspecified atom stereocenters. The van der Waals surface area contributed by atoms with Crippen LogP contribution in [0.1, 0.15) is 48.1 Å². The lowest BCUT2D eigenvalue weighted by Crippen LogP contribution is -2.20. The van der Waals surface area contributed by atoms with Gasteiger partial charge in [-0.05, 0) is 55.4 Å². The molecule has 1 aromatic heterocycles. The summed E-state index contributed by atoms with van der Waals surface area (Å²) >= 11 is 1.79. The fraction of sp³-hybridized carbons (Fsp3) is 0.455. The van der Waals surface area contributed by atoms with Crippen molar-refractivity contribution in [2.24, 2.45) is 0 Å². The molecule has 0 fully saturated rings. The maximum atomic E-state index is 12.4. The van der Waals surface area contributed by atoms with Gasteiger partial charge in [0.15, 0.2) is 16.9 Å². The zero-order valence-electron chi connectivity index (χ0n) is 17.1. The molecule has 6 nitrogen and oxygen atoms in total. The molecular weight excluding hydrogens is 390 g/mol. The van der Waals surface area contributed by atoms with Crippen molar-refractivity contribution < 1.29 is 19.4 Å². The second-order valence-electron chi connectivity index (χ2n) is 7.10. The predicted octanol–water partition coefficient (Wildman–Crippen LogP) is 4.25. The van der Waals surface area contributed by atoms with Gasteiger partial charge in [-0.2, -0.15) is 11.8 Å². The lowest BCUT2D eigenvalue weighted by atomic mass is 9.99.